The van der Waals surface area contributed by atoms with Crippen molar-refractivity contribution in [3.8, 4) is 0 Å². The molecule has 4 heteroatoms. The minimum atomic E-state index is -1.08. The second-order valence-electron chi connectivity index (χ2n) is 2.32. The van der Waals surface area contributed by atoms with Crippen LogP contribution < -0.4 is 56.5 Å². The van der Waals surface area contributed by atoms with Gasteiger partial charge in [0, 0.05) is 17.8 Å². The van der Waals surface area contributed by atoms with Gasteiger partial charge in [-0.25, -0.2) is 0 Å². The largest absolute Gasteiger partial charge is 1.00 e. The van der Waals surface area contributed by atoms with E-state index in [-0.39, 0.29) is 63.2 Å². The van der Waals surface area contributed by atoms with Crippen molar-refractivity contribution in [1.29, 1.82) is 0 Å². The molecule has 0 amide bonds. The summed E-state index contributed by atoms with van der Waals surface area (Å²) < 4.78 is 0. The molecule has 0 aromatic heterocycles. The van der Waals surface area contributed by atoms with Crippen LogP contribution in [-0.2, 0) is 4.79 Å². The first kappa shape index (κ1) is 15.6. The number of carboxylic acid groups (broad SMARTS) is 1. The Bertz CT molecular complexity index is 148. The number of allylic oxidation sites excluding steroid dienone is 2. The van der Waals surface area contributed by atoms with Crippen LogP contribution in [0.5, 0.6) is 0 Å². The molecule has 0 aliphatic carbocycles. The fourth-order valence-corrected chi connectivity index (χ4v) is 0.979. The summed E-state index contributed by atoms with van der Waals surface area (Å²) in [5, 5.41) is 9.73. The normalized spacial score (nSPS) is 12.5. The van der Waals surface area contributed by atoms with E-state index in [1.54, 1.807) is 0 Å². The van der Waals surface area contributed by atoms with Gasteiger partial charge in [-0.1, -0.05) is 12.2 Å². The molecule has 0 aliphatic heterocycles. The first-order valence-electron chi connectivity index (χ1n) is 3.62. The van der Waals surface area contributed by atoms with E-state index < -0.39 is 5.97 Å². The standard InChI is InChI=1S/C8H13ClO2.K/c1-2-3-4-5-7(9)6-8(10)11;/h2-3,7H,4-6H2,1H3,(H,10,11);/q;+1/p-1/b3-2+;. The predicted octanol–water partition coefficient (Wildman–Crippen LogP) is -1.91. The maximum atomic E-state index is 10.0. The molecule has 0 saturated heterocycles. The Morgan fingerprint density at radius 3 is 2.67 bits per heavy atom. The van der Waals surface area contributed by atoms with Crippen LogP contribution in [-0.4, -0.2) is 11.3 Å². The molecule has 0 saturated carbocycles. The van der Waals surface area contributed by atoms with Crippen molar-refractivity contribution in [3.63, 3.8) is 0 Å². The number of carbonyl (C=O) groups excluding carboxylic acids is 1. The number of alkyl halides is 1. The number of carbonyl (C=O) groups is 1. The minimum absolute atomic E-state index is 0. The van der Waals surface area contributed by atoms with Crippen LogP contribution in [0.15, 0.2) is 12.2 Å². The Labute approximate surface area is 121 Å². The van der Waals surface area contributed by atoms with E-state index in [2.05, 4.69) is 0 Å². The van der Waals surface area contributed by atoms with Gasteiger partial charge < -0.3 is 9.90 Å². The van der Waals surface area contributed by atoms with Gasteiger partial charge in [0.2, 0.25) is 0 Å². The third-order valence-electron chi connectivity index (χ3n) is 1.27. The molecule has 12 heavy (non-hydrogen) atoms. The Kier molecular flexibility index (Phi) is 13.3. The summed E-state index contributed by atoms with van der Waals surface area (Å²) in [5.74, 6) is -1.08. The number of halogens is 1. The Balaban J connectivity index is 0. The summed E-state index contributed by atoms with van der Waals surface area (Å²) in [5.41, 5.74) is 0. The van der Waals surface area contributed by atoms with Crippen LogP contribution >= 0.6 is 11.6 Å². The molecule has 1 unspecified atom stereocenters. The van der Waals surface area contributed by atoms with Crippen molar-refractivity contribution in [2.24, 2.45) is 0 Å². The average Bonchev–Trinajstić information content (AvgIpc) is 1.86. The first-order valence-corrected chi connectivity index (χ1v) is 4.05. The van der Waals surface area contributed by atoms with Crippen LogP contribution in [0.25, 0.3) is 0 Å². The molecule has 0 rings (SSSR count). The van der Waals surface area contributed by atoms with Crippen molar-refractivity contribution in [2.45, 2.75) is 31.6 Å². The van der Waals surface area contributed by atoms with E-state index in [9.17, 15) is 9.90 Å². The second-order valence-corrected chi connectivity index (χ2v) is 2.94. The maximum Gasteiger partial charge on any atom is 1.00 e. The van der Waals surface area contributed by atoms with Crippen molar-refractivity contribution in [2.75, 3.05) is 0 Å². The van der Waals surface area contributed by atoms with Crippen LogP contribution in [0.2, 0.25) is 0 Å². The summed E-state index contributed by atoms with van der Waals surface area (Å²) in [6.45, 7) is 1.92. The first-order chi connectivity index (χ1) is 5.16. The van der Waals surface area contributed by atoms with Gasteiger partial charge in [-0.3, -0.25) is 0 Å². The smallest absolute Gasteiger partial charge is 0.550 e. The SMILES string of the molecule is C/C=C/CCC(Cl)CC(=O)[O-].[K+]. The molecule has 0 N–H and O–H groups in total. The van der Waals surface area contributed by atoms with Crippen LogP contribution in [0, 0.1) is 0 Å². The third kappa shape index (κ3) is 11.1. The minimum Gasteiger partial charge on any atom is -0.550 e. The van der Waals surface area contributed by atoms with Crippen molar-refractivity contribution in [1.82, 2.24) is 0 Å². The van der Waals surface area contributed by atoms with E-state index in [0.29, 0.717) is 6.42 Å². The van der Waals surface area contributed by atoms with Gasteiger partial charge in [0.25, 0.3) is 0 Å². The summed E-state index contributed by atoms with van der Waals surface area (Å²) in [7, 11) is 0. The molecule has 2 nitrogen and oxygen atoms in total. The van der Waals surface area contributed by atoms with E-state index in [0.717, 1.165) is 6.42 Å². The Hall–Kier alpha value is 1.14. The second kappa shape index (κ2) is 10.2. The molecule has 0 aromatic rings. The molecule has 64 valence electrons. The fourth-order valence-electron chi connectivity index (χ4n) is 0.727. The quantitative estimate of drug-likeness (QED) is 0.305. The number of carboxylic acids is 1. The molecular formula is C8H12ClKO2. The van der Waals surface area contributed by atoms with Gasteiger partial charge in [0.1, 0.15) is 0 Å². The Morgan fingerprint density at radius 1 is 1.67 bits per heavy atom. The molecule has 0 fully saturated rings. The molecular weight excluding hydrogens is 203 g/mol. The third-order valence-corrected chi connectivity index (χ3v) is 1.64. The molecule has 0 spiro atoms. The molecule has 0 radical (unpaired) electrons. The molecule has 1 atom stereocenters. The van der Waals surface area contributed by atoms with Crippen molar-refractivity contribution in [3.05, 3.63) is 12.2 Å². The zero-order valence-electron chi connectivity index (χ0n) is 7.55. The van der Waals surface area contributed by atoms with Gasteiger partial charge in [-0.15, -0.1) is 11.6 Å². The zero-order valence-corrected chi connectivity index (χ0v) is 11.4. The van der Waals surface area contributed by atoms with E-state index in [1.807, 2.05) is 19.1 Å². The van der Waals surface area contributed by atoms with Crippen molar-refractivity contribution < 1.29 is 61.3 Å². The van der Waals surface area contributed by atoms with Crippen molar-refractivity contribution >= 4 is 17.6 Å². The van der Waals surface area contributed by atoms with Crippen LogP contribution in [0.4, 0.5) is 0 Å². The fraction of sp³-hybridized carbons (Fsp3) is 0.625. The van der Waals surface area contributed by atoms with Crippen LogP contribution in [0.3, 0.4) is 0 Å². The summed E-state index contributed by atoms with van der Waals surface area (Å²) >= 11 is 5.66. The maximum absolute atomic E-state index is 10.0. The summed E-state index contributed by atoms with van der Waals surface area (Å²) in [4.78, 5) is 10.0. The van der Waals surface area contributed by atoms with Crippen LogP contribution in [0.1, 0.15) is 26.2 Å². The van der Waals surface area contributed by atoms with Gasteiger partial charge in [-0.2, -0.15) is 0 Å². The summed E-state index contributed by atoms with van der Waals surface area (Å²) in [6, 6.07) is 0. The predicted molar refractivity (Wildman–Crippen MR) is 43.3 cm³/mol. The van der Waals surface area contributed by atoms with E-state index in [1.165, 1.54) is 0 Å². The zero-order chi connectivity index (χ0) is 8.69. The van der Waals surface area contributed by atoms with Gasteiger partial charge in [0.05, 0.1) is 0 Å². The van der Waals surface area contributed by atoms with E-state index >= 15 is 0 Å². The van der Waals surface area contributed by atoms with E-state index in [4.69, 9.17) is 11.6 Å². The monoisotopic (exact) mass is 214 g/mol. The number of hydrogen-bond acceptors (Lipinski definition) is 2. The average molecular weight is 215 g/mol. The van der Waals surface area contributed by atoms with Gasteiger partial charge >= 0.3 is 51.4 Å². The topological polar surface area (TPSA) is 40.1 Å². The molecule has 0 heterocycles. The number of hydrogen-bond donors (Lipinski definition) is 0. The molecule has 0 aromatic carbocycles. The number of aliphatic carboxylic acids is 1. The summed E-state index contributed by atoms with van der Waals surface area (Å²) in [6.07, 6.45) is 5.35. The van der Waals surface area contributed by atoms with Gasteiger partial charge in [-0.05, 0) is 19.8 Å². The molecule has 0 aliphatic rings. The Morgan fingerprint density at radius 2 is 2.25 bits per heavy atom. The molecule has 0 bridgehead atoms. The van der Waals surface area contributed by atoms with Gasteiger partial charge in [0.15, 0.2) is 0 Å². The number of rotatable bonds is 5.